The van der Waals surface area contributed by atoms with Gasteiger partial charge in [0.1, 0.15) is 6.10 Å². The minimum absolute atomic E-state index is 0.0420. The maximum Gasteiger partial charge on any atom is 0.165 e. The van der Waals surface area contributed by atoms with E-state index in [1.54, 1.807) is 7.11 Å². The highest BCUT2D eigenvalue weighted by Crippen LogP contribution is 2.57. The maximum atomic E-state index is 8.76. The maximum absolute atomic E-state index is 8.76. The van der Waals surface area contributed by atoms with Gasteiger partial charge in [0, 0.05) is 28.5 Å². The number of benzene rings is 1. The van der Waals surface area contributed by atoms with Crippen LogP contribution in [0.1, 0.15) is 36.8 Å². The standard InChI is InChI=1S/C17H22N4O2/c1-21-8-7-17-6-5-12(19-20-18)9-14(17)23-16-13(22-2)4-3-11(10-21)15(16)17/h3-4,12,14H,5-10H2,1-2H3/t12-,14-,17+/m0/s1. The van der Waals surface area contributed by atoms with Crippen LogP contribution < -0.4 is 9.47 Å². The van der Waals surface area contributed by atoms with Crippen LogP contribution in [-0.4, -0.2) is 37.7 Å². The van der Waals surface area contributed by atoms with E-state index in [1.165, 1.54) is 11.1 Å². The Labute approximate surface area is 136 Å². The predicted molar refractivity (Wildman–Crippen MR) is 86.8 cm³/mol. The molecule has 122 valence electrons. The molecule has 0 unspecified atom stereocenters. The zero-order chi connectivity index (χ0) is 16.0. The van der Waals surface area contributed by atoms with E-state index in [0.717, 1.165) is 50.3 Å². The number of hydrogen-bond acceptors (Lipinski definition) is 4. The molecule has 0 amide bonds. The Morgan fingerprint density at radius 1 is 1.43 bits per heavy atom. The van der Waals surface area contributed by atoms with Crippen molar-refractivity contribution in [3.63, 3.8) is 0 Å². The molecule has 1 fully saturated rings. The number of methoxy groups -OCH3 is 1. The Hall–Kier alpha value is -1.91. The van der Waals surface area contributed by atoms with Crippen molar-refractivity contribution in [1.29, 1.82) is 0 Å². The normalized spacial score (nSPS) is 32.1. The fourth-order valence-electron chi connectivity index (χ4n) is 4.67. The fraction of sp³-hybridized carbons (Fsp3) is 0.647. The molecule has 3 aliphatic rings. The number of nitrogens with zero attached hydrogens (tertiary/aromatic N) is 4. The van der Waals surface area contributed by atoms with E-state index in [2.05, 4.69) is 28.0 Å². The van der Waals surface area contributed by atoms with Crippen molar-refractivity contribution in [3.05, 3.63) is 33.7 Å². The van der Waals surface area contributed by atoms with Gasteiger partial charge >= 0.3 is 0 Å². The van der Waals surface area contributed by atoms with Crippen molar-refractivity contribution in [1.82, 2.24) is 4.90 Å². The summed E-state index contributed by atoms with van der Waals surface area (Å²) < 4.78 is 11.9. The first kappa shape index (κ1) is 14.7. The van der Waals surface area contributed by atoms with Gasteiger partial charge in [-0.3, -0.25) is 0 Å². The monoisotopic (exact) mass is 314 g/mol. The number of rotatable bonds is 2. The number of hydrogen-bond donors (Lipinski definition) is 0. The van der Waals surface area contributed by atoms with Gasteiger partial charge in [0.15, 0.2) is 11.5 Å². The molecule has 6 heteroatoms. The summed E-state index contributed by atoms with van der Waals surface area (Å²) in [5, 5.41) is 3.95. The second-order valence-corrected chi connectivity index (χ2v) is 7.01. The molecule has 0 N–H and O–H groups in total. The minimum Gasteiger partial charge on any atom is -0.493 e. The summed E-state index contributed by atoms with van der Waals surface area (Å²) in [6.07, 6.45) is 3.92. The Morgan fingerprint density at radius 2 is 2.30 bits per heavy atom. The van der Waals surface area contributed by atoms with Gasteiger partial charge in [-0.05, 0) is 56.4 Å². The fourth-order valence-corrected chi connectivity index (χ4v) is 4.67. The lowest BCUT2D eigenvalue weighted by molar-refractivity contribution is 0.0782. The second-order valence-electron chi connectivity index (χ2n) is 7.01. The molecule has 3 atom stereocenters. The predicted octanol–water partition coefficient (Wildman–Crippen LogP) is 3.39. The molecule has 1 aliphatic carbocycles. The Morgan fingerprint density at radius 3 is 3.09 bits per heavy atom. The van der Waals surface area contributed by atoms with E-state index in [0.29, 0.717) is 0 Å². The van der Waals surface area contributed by atoms with Gasteiger partial charge in [-0.25, -0.2) is 0 Å². The van der Waals surface area contributed by atoms with E-state index in [4.69, 9.17) is 15.0 Å². The van der Waals surface area contributed by atoms with Crippen LogP contribution in [0.4, 0.5) is 0 Å². The third-order valence-corrected chi connectivity index (χ3v) is 5.81. The van der Waals surface area contributed by atoms with Crippen LogP contribution in [0.25, 0.3) is 10.4 Å². The van der Waals surface area contributed by atoms with Crippen molar-refractivity contribution in [2.75, 3.05) is 20.7 Å². The van der Waals surface area contributed by atoms with E-state index < -0.39 is 0 Å². The summed E-state index contributed by atoms with van der Waals surface area (Å²) in [5.74, 6) is 1.74. The lowest BCUT2D eigenvalue weighted by atomic mass is 9.65. The summed E-state index contributed by atoms with van der Waals surface area (Å²) in [6, 6.07) is 4.25. The van der Waals surface area contributed by atoms with Gasteiger partial charge in [-0.1, -0.05) is 11.2 Å². The van der Waals surface area contributed by atoms with Crippen LogP contribution in [0, 0.1) is 0 Å². The van der Waals surface area contributed by atoms with Crippen molar-refractivity contribution in [3.8, 4) is 11.5 Å². The lowest BCUT2D eigenvalue weighted by Crippen LogP contribution is -2.45. The van der Waals surface area contributed by atoms with Crippen LogP contribution in [0.15, 0.2) is 17.2 Å². The molecule has 1 aromatic carbocycles. The Bertz CT molecular complexity index is 685. The summed E-state index contributed by atoms with van der Waals surface area (Å²) in [7, 11) is 3.87. The first-order valence-corrected chi connectivity index (χ1v) is 8.27. The third kappa shape index (κ3) is 2.09. The molecular formula is C17H22N4O2. The lowest BCUT2D eigenvalue weighted by Gasteiger charge is -2.40. The van der Waals surface area contributed by atoms with Crippen molar-refractivity contribution < 1.29 is 9.47 Å². The average Bonchev–Trinajstić information content (AvgIpc) is 2.81. The highest BCUT2D eigenvalue weighted by atomic mass is 16.5. The zero-order valence-corrected chi connectivity index (χ0v) is 13.7. The van der Waals surface area contributed by atoms with E-state index >= 15 is 0 Å². The van der Waals surface area contributed by atoms with E-state index in [9.17, 15) is 0 Å². The Kier molecular flexibility index (Phi) is 3.39. The largest absolute Gasteiger partial charge is 0.493 e. The van der Waals surface area contributed by atoms with Gasteiger partial charge in [0.25, 0.3) is 0 Å². The van der Waals surface area contributed by atoms with E-state index in [-0.39, 0.29) is 17.6 Å². The topological polar surface area (TPSA) is 70.5 Å². The molecular weight excluding hydrogens is 292 g/mol. The highest BCUT2D eigenvalue weighted by molar-refractivity contribution is 5.58. The second kappa shape index (κ2) is 5.32. The first-order valence-electron chi connectivity index (χ1n) is 8.27. The van der Waals surface area contributed by atoms with Gasteiger partial charge < -0.3 is 14.4 Å². The van der Waals surface area contributed by atoms with E-state index in [1.807, 2.05) is 6.07 Å². The molecule has 0 aromatic heterocycles. The summed E-state index contributed by atoms with van der Waals surface area (Å²) in [6.45, 7) is 2.01. The quantitative estimate of drug-likeness (QED) is 0.477. The Balaban J connectivity index is 1.84. The summed E-state index contributed by atoms with van der Waals surface area (Å²) in [4.78, 5) is 5.38. The van der Waals surface area contributed by atoms with Crippen LogP contribution in [0.3, 0.4) is 0 Å². The molecule has 0 bridgehead atoms. The molecule has 6 nitrogen and oxygen atoms in total. The van der Waals surface area contributed by atoms with Crippen molar-refractivity contribution >= 4 is 0 Å². The molecule has 2 aliphatic heterocycles. The summed E-state index contributed by atoms with van der Waals surface area (Å²) >= 11 is 0. The molecule has 0 saturated heterocycles. The smallest absolute Gasteiger partial charge is 0.165 e. The first-order chi connectivity index (χ1) is 11.2. The van der Waals surface area contributed by atoms with Gasteiger partial charge in [0.05, 0.1) is 7.11 Å². The van der Waals surface area contributed by atoms with Gasteiger partial charge in [-0.15, -0.1) is 0 Å². The van der Waals surface area contributed by atoms with Crippen LogP contribution in [0.2, 0.25) is 0 Å². The molecule has 4 rings (SSSR count). The molecule has 1 spiro atoms. The molecule has 0 radical (unpaired) electrons. The van der Waals surface area contributed by atoms with Gasteiger partial charge in [-0.2, -0.15) is 0 Å². The number of azide groups is 1. The molecule has 2 heterocycles. The van der Waals surface area contributed by atoms with Crippen molar-refractivity contribution in [2.45, 2.75) is 49.8 Å². The zero-order valence-electron chi connectivity index (χ0n) is 13.7. The van der Waals surface area contributed by atoms with Crippen LogP contribution in [-0.2, 0) is 12.0 Å². The molecule has 1 aromatic rings. The highest BCUT2D eigenvalue weighted by Gasteiger charge is 2.54. The van der Waals surface area contributed by atoms with Crippen LogP contribution in [0.5, 0.6) is 11.5 Å². The number of ether oxygens (including phenoxy) is 2. The average molecular weight is 314 g/mol. The molecule has 1 saturated carbocycles. The third-order valence-electron chi connectivity index (χ3n) is 5.81. The van der Waals surface area contributed by atoms with Crippen LogP contribution >= 0.6 is 0 Å². The van der Waals surface area contributed by atoms with Gasteiger partial charge in [0.2, 0.25) is 0 Å². The molecule has 23 heavy (non-hydrogen) atoms. The van der Waals surface area contributed by atoms with Crippen molar-refractivity contribution in [2.24, 2.45) is 5.11 Å². The minimum atomic E-state index is 0.0420. The SMILES string of the molecule is COc1ccc2c3c1O[C@H]1C[C@@H](N=[N+]=[N-])CC[C@]31CCN(C)C2. The summed E-state index contributed by atoms with van der Waals surface area (Å²) in [5.41, 5.74) is 11.5.